The zero-order valence-corrected chi connectivity index (χ0v) is 15.3. The summed E-state index contributed by atoms with van der Waals surface area (Å²) in [4.78, 5) is 24.5. The Labute approximate surface area is 160 Å². The Bertz CT molecular complexity index is 1010. The lowest BCUT2D eigenvalue weighted by atomic mass is 10.1. The van der Waals surface area contributed by atoms with Crippen molar-refractivity contribution in [3.63, 3.8) is 0 Å². The Balaban J connectivity index is 1.36. The van der Waals surface area contributed by atoms with Crippen LogP contribution < -0.4 is 5.32 Å². The van der Waals surface area contributed by atoms with Crippen LogP contribution in [-0.2, 0) is 12.2 Å². The molecule has 2 aromatic heterocycles. The van der Waals surface area contributed by atoms with E-state index in [1.165, 1.54) is 18.1 Å². The van der Waals surface area contributed by atoms with E-state index >= 15 is 0 Å². The molecule has 3 N–H and O–H groups in total. The molecule has 0 aliphatic rings. The summed E-state index contributed by atoms with van der Waals surface area (Å²) < 4.78 is 0. The number of benzene rings is 2. The predicted octanol–water partition coefficient (Wildman–Crippen LogP) is 2.95. The molecule has 136 valence electrons. The maximum Gasteiger partial charge on any atom is 0.251 e. The number of aromatic amines is 2. The summed E-state index contributed by atoms with van der Waals surface area (Å²) >= 11 is 1.51. The van der Waals surface area contributed by atoms with Crippen molar-refractivity contribution in [1.82, 2.24) is 30.5 Å². The Kier molecular flexibility index (Phi) is 5.15. The SMILES string of the molecule is O=C(NCCc1nc2ccccc2[nH]1)c1ccccc1CSc1ncn[nH]1. The molecule has 2 aromatic carbocycles. The molecule has 0 unspecified atom stereocenters. The van der Waals surface area contributed by atoms with Gasteiger partial charge >= 0.3 is 0 Å². The summed E-state index contributed by atoms with van der Waals surface area (Å²) in [5.41, 5.74) is 3.58. The average molecular weight is 378 g/mol. The number of para-hydroxylation sites is 2. The molecule has 4 aromatic rings. The molecule has 4 rings (SSSR count). The second kappa shape index (κ2) is 8.05. The second-order valence-corrected chi connectivity index (χ2v) is 6.91. The molecule has 0 atom stereocenters. The Morgan fingerprint density at radius 1 is 1.11 bits per heavy atom. The second-order valence-electron chi connectivity index (χ2n) is 5.94. The molecule has 2 heterocycles. The topological polar surface area (TPSA) is 99.3 Å². The van der Waals surface area contributed by atoms with Crippen molar-refractivity contribution in [2.24, 2.45) is 0 Å². The number of aromatic nitrogens is 5. The van der Waals surface area contributed by atoms with E-state index in [1.807, 2.05) is 48.5 Å². The summed E-state index contributed by atoms with van der Waals surface area (Å²) in [5, 5.41) is 10.4. The number of hydrogen-bond acceptors (Lipinski definition) is 5. The quantitative estimate of drug-likeness (QED) is 0.429. The average Bonchev–Trinajstić information content (AvgIpc) is 3.35. The lowest BCUT2D eigenvalue weighted by Crippen LogP contribution is -2.26. The van der Waals surface area contributed by atoms with Gasteiger partial charge in [0.25, 0.3) is 5.91 Å². The number of amides is 1. The van der Waals surface area contributed by atoms with Gasteiger partial charge in [-0.2, -0.15) is 5.10 Å². The molecule has 0 spiro atoms. The molecular weight excluding hydrogens is 360 g/mol. The van der Waals surface area contributed by atoms with Gasteiger partial charge in [-0.25, -0.2) is 9.97 Å². The number of H-pyrrole nitrogens is 2. The lowest BCUT2D eigenvalue weighted by molar-refractivity contribution is 0.0953. The molecule has 0 saturated heterocycles. The van der Waals surface area contributed by atoms with E-state index in [4.69, 9.17) is 0 Å². The van der Waals surface area contributed by atoms with Crippen LogP contribution in [0.15, 0.2) is 60.0 Å². The Morgan fingerprint density at radius 3 is 2.81 bits per heavy atom. The van der Waals surface area contributed by atoms with Crippen LogP contribution in [0, 0.1) is 0 Å². The Morgan fingerprint density at radius 2 is 1.96 bits per heavy atom. The first-order valence-electron chi connectivity index (χ1n) is 8.57. The van der Waals surface area contributed by atoms with E-state index in [9.17, 15) is 4.79 Å². The number of hydrogen-bond donors (Lipinski definition) is 3. The van der Waals surface area contributed by atoms with Crippen LogP contribution in [0.25, 0.3) is 11.0 Å². The fraction of sp³-hybridized carbons (Fsp3) is 0.158. The maximum absolute atomic E-state index is 12.6. The summed E-state index contributed by atoms with van der Waals surface area (Å²) in [5.74, 6) is 1.42. The van der Waals surface area contributed by atoms with Crippen molar-refractivity contribution in [2.75, 3.05) is 6.54 Å². The van der Waals surface area contributed by atoms with Crippen LogP contribution in [0.1, 0.15) is 21.7 Å². The third-order valence-corrected chi connectivity index (χ3v) is 5.03. The monoisotopic (exact) mass is 378 g/mol. The van der Waals surface area contributed by atoms with Gasteiger partial charge in [0.2, 0.25) is 0 Å². The maximum atomic E-state index is 12.6. The molecule has 0 aliphatic carbocycles. The molecule has 1 amide bonds. The van der Waals surface area contributed by atoms with Crippen LogP contribution in [0.5, 0.6) is 0 Å². The van der Waals surface area contributed by atoms with Crippen LogP contribution in [-0.4, -0.2) is 37.6 Å². The molecule has 0 bridgehead atoms. The van der Waals surface area contributed by atoms with Gasteiger partial charge in [-0.15, -0.1) is 0 Å². The number of fused-ring (bicyclic) bond motifs is 1. The molecule has 0 saturated carbocycles. The van der Waals surface area contributed by atoms with Gasteiger partial charge in [0, 0.05) is 24.3 Å². The fourth-order valence-corrected chi connectivity index (χ4v) is 3.57. The van der Waals surface area contributed by atoms with Crippen molar-refractivity contribution in [3.05, 3.63) is 71.8 Å². The van der Waals surface area contributed by atoms with Crippen molar-refractivity contribution >= 4 is 28.7 Å². The highest BCUT2D eigenvalue weighted by atomic mass is 32.2. The van der Waals surface area contributed by atoms with Crippen molar-refractivity contribution in [2.45, 2.75) is 17.3 Å². The van der Waals surface area contributed by atoms with E-state index in [1.54, 1.807) is 0 Å². The van der Waals surface area contributed by atoms with Gasteiger partial charge in [-0.1, -0.05) is 42.1 Å². The first kappa shape index (κ1) is 17.3. The van der Waals surface area contributed by atoms with E-state index in [-0.39, 0.29) is 5.91 Å². The fourth-order valence-electron chi connectivity index (χ4n) is 2.79. The normalized spacial score (nSPS) is 11.0. The van der Waals surface area contributed by atoms with Crippen LogP contribution in [0.4, 0.5) is 0 Å². The largest absolute Gasteiger partial charge is 0.352 e. The molecule has 0 aliphatic heterocycles. The number of carbonyl (C=O) groups excluding carboxylic acids is 1. The minimum atomic E-state index is -0.0834. The van der Waals surface area contributed by atoms with Gasteiger partial charge in [0.05, 0.1) is 11.0 Å². The van der Waals surface area contributed by atoms with Gasteiger partial charge in [0.15, 0.2) is 5.16 Å². The zero-order valence-electron chi connectivity index (χ0n) is 14.5. The molecule has 27 heavy (non-hydrogen) atoms. The van der Waals surface area contributed by atoms with Crippen LogP contribution in [0.2, 0.25) is 0 Å². The molecule has 0 radical (unpaired) electrons. The summed E-state index contributed by atoms with van der Waals surface area (Å²) in [6, 6.07) is 15.5. The highest BCUT2D eigenvalue weighted by Gasteiger charge is 2.12. The van der Waals surface area contributed by atoms with Crippen LogP contribution >= 0.6 is 11.8 Å². The number of nitrogens with one attached hydrogen (secondary N) is 3. The number of imidazole rings is 1. The van der Waals surface area contributed by atoms with Crippen molar-refractivity contribution in [1.29, 1.82) is 0 Å². The molecule has 0 fully saturated rings. The standard InChI is InChI=1S/C19H18N6OS/c26-18(20-10-9-17-23-15-7-3-4-8-16(15)24-17)14-6-2-1-5-13(14)11-27-19-21-12-22-25-19/h1-8,12H,9-11H2,(H,20,26)(H,23,24)(H,21,22,25). The molecular formula is C19H18N6OS. The molecule has 7 nitrogen and oxygen atoms in total. The van der Waals surface area contributed by atoms with Gasteiger partial charge in [-0.3, -0.25) is 9.89 Å². The minimum Gasteiger partial charge on any atom is -0.352 e. The summed E-state index contributed by atoms with van der Waals surface area (Å²) in [7, 11) is 0. The lowest BCUT2D eigenvalue weighted by Gasteiger charge is -2.09. The zero-order chi connectivity index (χ0) is 18.5. The Hall–Kier alpha value is -3.13. The van der Waals surface area contributed by atoms with E-state index in [0.717, 1.165) is 27.6 Å². The van der Waals surface area contributed by atoms with Gasteiger partial charge in [0.1, 0.15) is 12.2 Å². The molecule has 8 heteroatoms. The highest BCUT2D eigenvalue weighted by molar-refractivity contribution is 7.98. The highest BCUT2D eigenvalue weighted by Crippen LogP contribution is 2.21. The summed E-state index contributed by atoms with van der Waals surface area (Å²) in [6.07, 6.45) is 2.12. The van der Waals surface area contributed by atoms with Gasteiger partial charge < -0.3 is 10.3 Å². The predicted molar refractivity (Wildman–Crippen MR) is 105 cm³/mol. The number of rotatable bonds is 7. The van der Waals surface area contributed by atoms with Gasteiger partial charge in [-0.05, 0) is 23.8 Å². The first-order valence-corrected chi connectivity index (χ1v) is 9.56. The third-order valence-electron chi connectivity index (χ3n) is 4.11. The van der Waals surface area contributed by atoms with E-state index < -0.39 is 0 Å². The summed E-state index contributed by atoms with van der Waals surface area (Å²) in [6.45, 7) is 0.516. The number of thioether (sulfide) groups is 1. The van der Waals surface area contributed by atoms with E-state index in [2.05, 4.69) is 30.5 Å². The number of carbonyl (C=O) groups is 1. The first-order chi connectivity index (χ1) is 13.3. The van der Waals surface area contributed by atoms with E-state index in [0.29, 0.717) is 24.3 Å². The smallest absolute Gasteiger partial charge is 0.251 e. The minimum absolute atomic E-state index is 0.0834. The number of nitrogens with zero attached hydrogens (tertiary/aromatic N) is 3. The van der Waals surface area contributed by atoms with Crippen molar-refractivity contribution < 1.29 is 4.79 Å². The van der Waals surface area contributed by atoms with Crippen LogP contribution in [0.3, 0.4) is 0 Å². The van der Waals surface area contributed by atoms with Crippen molar-refractivity contribution in [3.8, 4) is 0 Å². The third kappa shape index (κ3) is 4.17.